The highest BCUT2D eigenvalue weighted by Crippen LogP contribution is 2.21. The zero-order chi connectivity index (χ0) is 21.8. The second-order valence-electron chi connectivity index (χ2n) is 6.70. The van der Waals surface area contributed by atoms with Crippen molar-refractivity contribution in [2.45, 2.75) is 33.8 Å². The monoisotopic (exact) mass is 418 g/mol. The van der Waals surface area contributed by atoms with Crippen molar-refractivity contribution in [3.63, 3.8) is 0 Å². The fourth-order valence-electron chi connectivity index (χ4n) is 3.09. The molecule has 3 rings (SSSR count). The molecule has 0 N–H and O–H groups in total. The van der Waals surface area contributed by atoms with Crippen molar-refractivity contribution in [1.82, 2.24) is 9.72 Å². The lowest BCUT2D eigenvalue weighted by molar-refractivity contribution is -0.141. The average molecular weight is 418 g/mol. The predicted molar refractivity (Wildman–Crippen MR) is 102 cm³/mol. The summed E-state index contributed by atoms with van der Waals surface area (Å²) in [6.07, 6.45) is -0.0977. The number of esters is 1. The summed E-state index contributed by atoms with van der Waals surface area (Å²) in [6, 6.07) is 9.09. The van der Waals surface area contributed by atoms with Crippen LogP contribution in [0.3, 0.4) is 0 Å². The largest absolute Gasteiger partial charge is 0.457 e. The predicted octanol–water partition coefficient (Wildman–Crippen LogP) is 3.96. The first-order valence-electron chi connectivity index (χ1n) is 9.10. The van der Waals surface area contributed by atoms with Crippen LogP contribution in [0.4, 0.5) is 8.78 Å². The van der Waals surface area contributed by atoms with Gasteiger partial charge in [0.05, 0.1) is 6.42 Å². The highest BCUT2D eigenvalue weighted by molar-refractivity contribution is 5.99. The number of nitrogens with zero attached hydrogens (tertiary/aromatic N) is 2. The first kappa shape index (κ1) is 21.2. The van der Waals surface area contributed by atoms with Crippen LogP contribution in [0.1, 0.15) is 33.1 Å². The van der Waals surface area contributed by atoms with Gasteiger partial charge in [-0.3, -0.25) is 14.2 Å². The van der Waals surface area contributed by atoms with Gasteiger partial charge in [0.2, 0.25) is 5.78 Å². The Kier molecular flexibility index (Phi) is 6.29. The summed E-state index contributed by atoms with van der Waals surface area (Å²) in [6.45, 7) is 2.06. The van der Waals surface area contributed by atoms with E-state index in [1.54, 1.807) is 30.5 Å². The number of aromatic nitrogens is 2. The summed E-state index contributed by atoms with van der Waals surface area (Å²) in [5, 5.41) is 3.96. The summed E-state index contributed by atoms with van der Waals surface area (Å²) >= 11 is 0. The quantitative estimate of drug-likeness (QED) is 0.407. The van der Waals surface area contributed by atoms with Crippen LogP contribution in [0, 0.1) is 20.8 Å². The summed E-state index contributed by atoms with van der Waals surface area (Å²) < 4.78 is 40.5. The molecule has 0 saturated carbocycles. The van der Waals surface area contributed by atoms with E-state index in [1.165, 1.54) is 24.3 Å². The third kappa shape index (κ3) is 4.91. The molecule has 0 aliphatic rings. The molecule has 2 aromatic heterocycles. The number of alkyl halides is 2. The summed E-state index contributed by atoms with van der Waals surface area (Å²) in [5.41, 5.74) is 2.43. The number of ketones is 1. The molecule has 158 valence electrons. The van der Waals surface area contributed by atoms with E-state index in [-0.39, 0.29) is 18.0 Å². The van der Waals surface area contributed by atoms with Crippen molar-refractivity contribution in [1.29, 1.82) is 0 Å². The molecule has 0 saturated heterocycles. The van der Waals surface area contributed by atoms with Crippen molar-refractivity contribution < 1.29 is 32.4 Å². The standard InChI is InChI=1S/C21H20F2N2O5/c1-12-8-17(14(3)25(12)19-9-13(2)30-24-19)18(26)11-28-20(27)10-15-4-6-16(7-5-15)29-21(22)23/h4-9,21H,10-11H2,1-3H3. The minimum atomic E-state index is -2.91. The smallest absolute Gasteiger partial charge is 0.387 e. The van der Waals surface area contributed by atoms with E-state index in [1.807, 2.05) is 6.92 Å². The number of benzene rings is 1. The van der Waals surface area contributed by atoms with Crippen LogP contribution < -0.4 is 4.74 Å². The number of carbonyl (C=O) groups is 2. The first-order valence-corrected chi connectivity index (χ1v) is 9.10. The summed E-state index contributed by atoms with van der Waals surface area (Å²) in [4.78, 5) is 24.6. The maximum absolute atomic E-state index is 12.5. The van der Waals surface area contributed by atoms with Gasteiger partial charge in [-0.25, -0.2) is 0 Å². The minimum absolute atomic E-state index is 0.00467. The zero-order valence-corrected chi connectivity index (χ0v) is 16.6. The summed E-state index contributed by atoms with van der Waals surface area (Å²) in [7, 11) is 0. The van der Waals surface area contributed by atoms with Gasteiger partial charge in [-0.1, -0.05) is 17.3 Å². The molecule has 3 aromatic rings. The SMILES string of the molecule is Cc1cc(-n2c(C)cc(C(=O)COC(=O)Cc3ccc(OC(F)F)cc3)c2C)no1. The van der Waals surface area contributed by atoms with Gasteiger partial charge in [0.25, 0.3) is 0 Å². The van der Waals surface area contributed by atoms with E-state index in [9.17, 15) is 18.4 Å². The molecule has 0 aliphatic carbocycles. The molecule has 0 spiro atoms. The molecule has 0 unspecified atom stereocenters. The zero-order valence-electron chi connectivity index (χ0n) is 16.6. The van der Waals surface area contributed by atoms with Crippen molar-refractivity contribution in [2.75, 3.05) is 6.61 Å². The van der Waals surface area contributed by atoms with E-state index in [0.29, 0.717) is 28.4 Å². The maximum atomic E-state index is 12.5. The molecule has 0 fully saturated rings. The molecule has 0 amide bonds. The highest BCUT2D eigenvalue weighted by Gasteiger charge is 2.19. The average Bonchev–Trinajstić information content (AvgIpc) is 3.23. The Morgan fingerprint density at radius 3 is 2.43 bits per heavy atom. The summed E-state index contributed by atoms with van der Waals surface area (Å²) in [5.74, 6) is 0.260. The van der Waals surface area contributed by atoms with E-state index < -0.39 is 19.2 Å². The van der Waals surface area contributed by atoms with Gasteiger partial charge >= 0.3 is 12.6 Å². The third-order valence-corrected chi connectivity index (χ3v) is 4.44. The number of hydrogen-bond acceptors (Lipinski definition) is 6. The number of hydrogen-bond donors (Lipinski definition) is 0. The van der Waals surface area contributed by atoms with Crippen molar-refractivity contribution in [3.05, 3.63) is 64.7 Å². The van der Waals surface area contributed by atoms with Crippen LogP contribution in [0.15, 0.2) is 40.9 Å². The van der Waals surface area contributed by atoms with Gasteiger partial charge in [0.1, 0.15) is 11.5 Å². The van der Waals surface area contributed by atoms with E-state index >= 15 is 0 Å². The maximum Gasteiger partial charge on any atom is 0.387 e. The first-order chi connectivity index (χ1) is 14.2. The molecule has 7 nitrogen and oxygen atoms in total. The Bertz CT molecular complexity index is 1050. The van der Waals surface area contributed by atoms with E-state index in [4.69, 9.17) is 9.26 Å². The number of Topliss-reactive ketones (excluding diaryl/α,β-unsaturated/α-hetero) is 1. The number of carbonyl (C=O) groups excluding carboxylic acids is 2. The molecule has 0 bridgehead atoms. The Labute approximate surface area is 171 Å². The van der Waals surface area contributed by atoms with Crippen LogP contribution >= 0.6 is 0 Å². The van der Waals surface area contributed by atoms with Gasteiger partial charge in [-0.2, -0.15) is 8.78 Å². The fraction of sp³-hybridized carbons (Fsp3) is 0.286. The van der Waals surface area contributed by atoms with Crippen LogP contribution in [0.5, 0.6) is 5.75 Å². The molecule has 1 aromatic carbocycles. The van der Waals surface area contributed by atoms with Gasteiger partial charge in [-0.05, 0) is 44.5 Å². The number of ether oxygens (including phenoxy) is 2. The highest BCUT2D eigenvalue weighted by atomic mass is 19.3. The molecule has 0 aliphatic heterocycles. The lowest BCUT2D eigenvalue weighted by atomic mass is 10.1. The van der Waals surface area contributed by atoms with Crippen molar-refractivity contribution in [2.24, 2.45) is 0 Å². The fourth-order valence-corrected chi connectivity index (χ4v) is 3.09. The number of rotatable bonds is 8. The molecule has 0 atom stereocenters. The van der Waals surface area contributed by atoms with Gasteiger partial charge in [0, 0.05) is 23.0 Å². The second kappa shape index (κ2) is 8.89. The van der Waals surface area contributed by atoms with Crippen molar-refractivity contribution >= 4 is 11.8 Å². The molecule has 0 radical (unpaired) electrons. The minimum Gasteiger partial charge on any atom is -0.457 e. The molecular formula is C21H20F2N2O5. The Morgan fingerprint density at radius 2 is 1.83 bits per heavy atom. The molecule has 30 heavy (non-hydrogen) atoms. The van der Waals surface area contributed by atoms with Crippen LogP contribution in [0.2, 0.25) is 0 Å². The number of aryl methyl sites for hydroxylation is 2. The van der Waals surface area contributed by atoms with Gasteiger partial charge in [0.15, 0.2) is 12.4 Å². The van der Waals surface area contributed by atoms with Crippen molar-refractivity contribution in [3.8, 4) is 11.6 Å². The van der Waals surface area contributed by atoms with Gasteiger partial charge < -0.3 is 14.0 Å². The second-order valence-corrected chi connectivity index (χ2v) is 6.70. The molecule has 2 heterocycles. The number of halogens is 2. The van der Waals surface area contributed by atoms with E-state index in [2.05, 4.69) is 9.89 Å². The lowest BCUT2D eigenvalue weighted by Crippen LogP contribution is -2.16. The van der Waals surface area contributed by atoms with Crippen LogP contribution in [0.25, 0.3) is 5.82 Å². The van der Waals surface area contributed by atoms with E-state index in [0.717, 1.165) is 5.69 Å². The Hall–Kier alpha value is -3.49. The molecule has 9 heteroatoms. The van der Waals surface area contributed by atoms with Crippen LogP contribution in [-0.2, 0) is 16.0 Å². The molecular weight excluding hydrogens is 398 g/mol. The topological polar surface area (TPSA) is 83.6 Å². The normalized spacial score (nSPS) is 11.0. The Morgan fingerprint density at radius 1 is 1.13 bits per heavy atom. The van der Waals surface area contributed by atoms with Gasteiger partial charge in [-0.15, -0.1) is 0 Å². The lowest BCUT2D eigenvalue weighted by Gasteiger charge is -2.07. The third-order valence-electron chi connectivity index (χ3n) is 4.44. The van der Waals surface area contributed by atoms with Crippen LogP contribution in [-0.4, -0.2) is 34.7 Å². The Balaban J connectivity index is 1.60.